The van der Waals surface area contributed by atoms with Crippen molar-refractivity contribution in [2.75, 3.05) is 0 Å². The molecule has 1 saturated carbocycles. The van der Waals surface area contributed by atoms with Gasteiger partial charge in [0.2, 0.25) is 0 Å². The number of hydrogen-bond donors (Lipinski definition) is 0. The summed E-state index contributed by atoms with van der Waals surface area (Å²) in [4.78, 5) is 10.1. The molecule has 1 heterocycles. The van der Waals surface area contributed by atoms with Crippen LogP contribution < -0.4 is 0 Å². The van der Waals surface area contributed by atoms with Crippen LogP contribution in [0, 0.1) is 11.3 Å². The molecule has 1 fully saturated rings. The normalized spacial score (nSPS) is 14.4. The molecule has 0 aliphatic heterocycles. The molecule has 2 aliphatic rings. The smallest absolute Gasteiger partial charge is 0.160 e. The van der Waals surface area contributed by atoms with Crippen molar-refractivity contribution in [2.24, 2.45) is 0 Å². The van der Waals surface area contributed by atoms with E-state index in [0.717, 1.165) is 46.5 Å². The summed E-state index contributed by atoms with van der Waals surface area (Å²) in [5, 5.41) is 12.2. The fourth-order valence-electron chi connectivity index (χ4n) is 8.18. The van der Waals surface area contributed by atoms with Crippen LogP contribution in [-0.2, 0) is 5.41 Å². The molecular formula is C45H33N3. The molecule has 6 aromatic carbocycles. The molecule has 228 valence electrons. The van der Waals surface area contributed by atoms with Crippen molar-refractivity contribution in [1.82, 2.24) is 9.97 Å². The highest BCUT2D eigenvalue weighted by molar-refractivity contribution is 5.93. The lowest BCUT2D eigenvalue weighted by Gasteiger charge is -2.36. The fourth-order valence-corrected chi connectivity index (χ4v) is 8.18. The lowest BCUT2D eigenvalue weighted by molar-refractivity contribution is 0.353. The quantitative estimate of drug-likeness (QED) is 0.198. The Bertz CT molecular complexity index is 2380. The zero-order valence-electron chi connectivity index (χ0n) is 26.7. The van der Waals surface area contributed by atoms with Crippen LogP contribution in [0.3, 0.4) is 0 Å². The average molecular weight is 616 g/mol. The lowest BCUT2D eigenvalue weighted by atomic mass is 9.67. The number of aromatic nitrogens is 2. The van der Waals surface area contributed by atoms with Crippen molar-refractivity contribution in [2.45, 2.75) is 37.5 Å². The highest BCUT2D eigenvalue weighted by atomic mass is 14.9. The van der Waals surface area contributed by atoms with E-state index in [1.165, 1.54) is 63.4 Å². The zero-order chi connectivity index (χ0) is 32.1. The van der Waals surface area contributed by atoms with Crippen LogP contribution in [0.1, 0.15) is 48.8 Å². The Labute approximate surface area is 281 Å². The lowest BCUT2D eigenvalue weighted by Crippen LogP contribution is -2.28. The summed E-state index contributed by atoms with van der Waals surface area (Å²) in [6.07, 6.45) is 6.00. The Morgan fingerprint density at radius 1 is 0.500 bits per heavy atom. The maximum absolute atomic E-state index is 9.77. The summed E-state index contributed by atoms with van der Waals surface area (Å²) in [6.45, 7) is 0. The predicted molar refractivity (Wildman–Crippen MR) is 195 cm³/mol. The van der Waals surface area contributed by atoms with Crippen molar-refractivity contribution in [1.29, 1.82) is 5.26 Å². The van der Waals surface area contributed by atoms with Gasteiger partial charge < -0.3 is 0 Å². The highest BCUT2D eigenvalue weighted by Crippen LogP contribution is 2.58. The van der Waals surface area contributed by atoms with Gasteiger partial charge in [-0.1, -0.05) is 135 Å². The summed E-state index contributed by atoms with van der Waals surface area (Å²) in [5.41, 5.74) is 13.5. The molecular weight excluding hydrogens is 583 g/mol. The van der Waals surface area contributed by atoms with Gasteiger partial charge in [0, 0.05) is 22.1 Å². The third-order valence-corrected chi connectivity index (χ3v) is 10.5. The summed E-state index contributed by atoms with van der Waals surface area (Å²) in [5.74, 6) is 0.715. The molecule has 1 spiro atoms. The molecule has 9 rings (SSSR count). The van der Waals surface area contributed by atoms with Gasteiger partial charge in [0.25, 0.3) is 0 Å². The van der Waals surface area contributed by atoms with Crippen molar-refractivity contribution in [3.8, 4) is 62.2 Å². The van der Waals surface area contributed by atoms with Gasteiger partial charge in [-0.25, -0.2) is 9.97 Å². The summed E-state index contributed by atoms with van der Waals surface area (Å²) in [6, 6.07) is 51.7. The second-order valence-corrected chi connectivity index (χ2v) is 13.2. The van der Waals surface area contributed by atoms with E-state index >= 15 is 0 Å². The second kappa shape index (κ2) is 11.4. The average Bonchev–Trinajstić information content (AvgIpc) is 3.43. The second-order valence-electron chi connectivity index (χ2n) is 13.2. The standard InChI is InChI=1S/C45H33N3/c46-29-30-16-23-38-40(26-30)45(24-7-2-8-25-45)39-15-9-14-37(43(38)39)32-18-20-33(21-19-32)41-28-42(48-44(47-41)34-11-3-1-4-12-34)36-22-17-31-10-5-6-13-35(31)27-36/h1,3-6,9-23,26-28H,2,7-8,24-25H2. The van der Waals surface area contributed by atoms with Crippen LogP contribution >= 0.6 is 0 Å². The van der Waals surface area contributed by atoms with Crippen LogP contribution in [0.15, 0.2) is 140 Å². The molecule has 0 bridgehead atoms. The van der Waals surface area contributed by atoms with Gasteiger partial charge in [0.05, 0.1) is 23.0 Å². The van der Waals surface area contributed by atoms with Gasteiger partial charge in [-0.3, -0.25) is 0 Å². The SMILES string of the molecule is N#Cc1ccc2c(c1)C1(CCCCC1)c1cccc(-c3ccc(-c4cc(-c5ccc6ccccc6c5)nc(-c5ccccc5)n4)cc3)c1-2. The van der Waals surface area contributed by atoms with E-state index in [1.54, 1.807) is 0 Å². The molecule has 0 saturated heterocycles. The van der Waals surface area contributed by atoms with Crippen LogP contribution in [0.4, 0.5) is 0 Å². The van der Waals surface area contributed by atoms with Gasteiger partial charge >= 0.3 is 0 Å². The van der Waals surface area contributed by atoms with Gasteiger partial charge in [0.15, 0.2) is 5.82 Å². The van der Waals surface area contributed by atoms with Gasteiger partial charge in [0.1, 0.15) is 0 Å². The summed E-state index contributed by atoms with van der Waals surface area (Å²) in [7, 11) is 0. The molecule has 7 aromatic rings. The Kier molecular flexibility index (Phi) is 6.76. The van der Waals surface area contributed by atoms with E-state index in [-0.39, 0.29) is 5.41 Å². The number of nitrogens with zero attached hydrogens (tertiary/aromatic N) is 3. The van der Waals surface area contributed by atoms with Crippen LogP contribution in [0.5, 0.6) is 0 Å². The first-order valence-electron chi connectivity index (χ1n) is 16.9. The molecule has 3 nitrogen and oxygen atoms in total. The number of benzene rings is 6. The Morgan fingerprint density at radius 3 is 2.00 bits per heavy atom. The van der Waals surface area contributed by atoms with Crippen LogP contribution in [0.25, 0.3) is 66.9 Å². The molecule has 0 unspecified atom stereocenters. The fraction of sp³-hybridized carbons (Fsp3) is 0.133. The van der Waals surface area contributed by atoms with E-state index < -0.39 is 0 Å². The number of fused-ring (bicyclic) bond motifs is 6. The van der Waals surface area contributed by atoms with Crippen LogP contribution in [-0.4, -0.2) is 9.97 Å². The highest BCUT2D eigenvalue weighted by Gasteiger charge is 2.44. The zero-order valence-corrected chi connectivity index (χ0v) is 26.7. The molecule has 0 atom stereocenters. The molecule has 48 heavy (non-hydrogen) atoms. The predicted octanol–water partition coefficient (Wildman–Crippen LogP) is 11.4. The maximum Gasteiger partial charge on any atom is 0.160 e. The number of rotatable bonds is 4. The maximum atomic E-state index is 9.77. The Morgan fingerprint density at radius 2 is 1.21 bits per heavy atom. The Hall–Kier alpha value is -5.85. The first kappa shape index (κ1) is 28.4. The Balaban J connectivity index is 1.15. The van der Waals surface area contributed by atoms with Crippen molar-refractivity contribution < 1.29 is 0 Å². The largest absolute Gasteiger partial charge is 0.228 e. The first-order chi connectivity index (χ1) is 23.7. The van der Waals surface area contributed by atoms with E-state index in [1.807, 2.05) is 24.3 Å². The summed E-state index contributed by atoms with van der Waals surface area (Å²) >= 11 is 0. The van der Waals surface area contributed by atoms with Crippen molar-refractivity contribution in [3.05, 3.63) is 156 Å². The van der Waals surface area contributed by atoms with Crippen molar-refractivity contribution >= 4 is 10.8 Å². The van der Waals surface area contributed by atoms with Gasteiger partial charge in [-0.15, -0.1) is 0 Å². The third kappa shape index (κ3) is 4.64. The van der Waals surface area contributed by atoms with Crippen molar-refractivity contribution in [3.63, 3.8) is 0 Å². The molecule has 1 aromatic heterocycles. The molecule has 0 amide bonds. The third-order valence-electron chi connectivity index (χ3n) is 10.5. The minimum atomic E-state index is -0.000308. The minimum absolute atomic E-state index is 0.000308. The summed E-state index contributed by atoms with van der Waals surface area (Å²) < 4.78 is 0. The van der Waals surface area contributed by atoms with Gasteiger partial charge in [-0.05, 0) is 81.3 Å². The molecule has 0 N–H and O–H groups in total. The molecule has 3 heteroatoms. The molecule has 2 aliphatic carbocycles. The van der Waals surface area contributed by atoms with Crippen LogP contribution in [0.2, 0.25) is 0 Å². The van der Waals surface area contributed by atoms with E-state index in [4.69, 9.17) is 9.97 Å². The molecule has 0 radical (unpaired) electrons. The van der Waals surface area contributed by atoms with E-state index in [2.05, 4.69) is 121 Å². The monoisotopic (exact) mass is 615 g/mol. The van der Waals surface area contributed by atoms with E-state index in [9.17, 15) is 5.26 Å². The topological polar surface area (TPSA) is 49.6 Å². The van der Waals surface area contributed by atoms with Gasteiger partial charge in [-0.2, -0.15) is 5.26 Å². The number of hydrogen-bond acceptors (Lipinski definition) is 3. The number of nitriles is 1. The van der Waals surface area contributed by atoms with E-state index in [0.29, 0.717) is 5.82 Å². The first-order valence-corrected chi connectivity index (χ1v) is 16.9. The minimum Gasteiger partial charge on any atom is -0.228 e.